The minimum absolute atomic E-state index is 0.192. The standard InChI is InChI=1S/C11H14N2O3/c12-10(14)6-9(11(13)15)16-7-8-4-2-1-3-5-8/h1-5,9H,6-7H2,(H2,12,14)(H2,13,15). The largest absolute Gasteiger partial charge is 0.370 e. The SMILES string of the molecule is NC(=O)CC(OCc1ccccc1)C(N)=O. The van der Waals surface area contributed by atoms with Crippen LogP contribution in [0.25, 0.3) is 0 Å². The second kappa shape index (κ2) is 5.87. The molecule has 2 amide bonds. The van der Waals surface area contributed by atoms with Gasteiger partial charge < -0.3 is 16.2 Å². The third-order valence-electron chi connectivity index (χ3n) is 2.00. The Hall–Kier alpha value is -1.88. The maximum Gasteiger partial charge on any atom is 0.247 e. The van der Waals surface area contributed by atoms with Gasteiger partial charge in [-0.2, -0.15) is 0 Å². The topological polar surface area (TPSA) is 95.4 Å². The van der Waals surface area contributed by atoms with Gasteiger partial charge in [-0.05, 0) is 5.56 Å². The molecule has 1 rings (SSSR count). The van der Waals surface area contributed by atoms with Crippen molar-refractivity contribution >= 4 is 11.8 Å². The maximum absolute atomic E-state index is 10.9. The molecular weight excluding hydrogens is 208 g/mol. The van der Waals surface area contributed by atoms with Crippen LogP contribution in [-0.2, 0) is 20.9 Å². The molecule has 1 aromatic carbocycles. The molecule has 0 saturated carbocycles. The summed E-state index contributed by atoms with van der Waals surface area (Å²) >= 11 is 0. The summed E-state index contributed by atoms with van der Waals surface area (Å²) < 4.78 is 5.23. The van der Waals surface area contributed by atoms with Gasteiger partial charge in [0.25, 0.3) is 0 Å². The summed E-state index contributed by atoms with van der Waals surface area (Å²) in [4.78, 5) is 21.6. The molecule has 0 fully saturated rings. The number of carbonyl (C=O) groups is 2. The van der Waals surface area contributed by atoms with E-state index in [1.54, 1.807) is 0 Å². The summed E-state index contributed by atoms with van der Waals surface area (Å²) in [7, 11) is 0. The molecule has 16 heavy (non-hydrogen) atoms. The summed E-state index contributed by atoms with van der Waals surface area (Å²) in [6.07, 6.45) is -1.15. The first-order valence-electron chi connectivity index (χ1n) is 4.82. The molecule has 5 nitrogen and oxygen atoms in total. The summed E-state index contributed by atoms with van der Waals surface area (Å²) in [5.74, 6) is -1.30. The van der Waals surface area contributed by atoms with E-state index in [2.05, 4.69) is 0 Å². The van der Waals surface area contributed by atoms with E-state index in [4.69, 9.17) is 16.2 Å². The Kier molecular flexibility index (Phi) is 4.47. The van der Waals surface area contributed by atoms with Crippen molar-refractivity contribution in [2.45, 2.75) is 19.1 Å². The zero-order valence-corrected chi connectivity index (χ0v) is 8.76. The molecular formula is C11H14N2O3. The molecule has 0 bridgehead atoms. The monoisotopic (exact) mass is 222 g/mol. The number of ether oxygens (including phenoxy) is 1. The zero-order chi connectivity index (χ0) is 12.0. The van der Waals surface area contributed by atoms with E-state index in [1.165, 1.54) is 0 Å². The van der Waals surface area contributed by atoms with E-state index >= 15 is 0 Å². The van der Waals surface area contributed by atoms with Crippen molar-refractivity contribution in [3.05, 3.63) is 35.9 Å². The first-order valence-corrected chi connectivity index (χ1v) is 4.82. The van der Waals surface area contributed by atoms with E-state index in [0.717, 1.165) is 5.56 Å². The molecule has 1 atom stereocenters. The number of amides is 2. The Morgan fingerprint density at radius 1 is 1.19 bits per heavy atom. The Morgan fingerprint density at radius 2 is 1.81 bits per heavy atom. The highest BCUT2D eigenvalue weighted by Crippen LogP contribution is 2.05. The van der Waals surface area contributed by atoms with Crippen LogP contribution in [0.2, 0.25) is 0 Å². The Labute approximate surface area is 93.4 Å². The highest BCUT2D eigenvalue weighted by atomic mass is 16.5. The molecule has 0 aliphatic rings. The van der Waals surface area contributed by atoms with Gasteiger partial charge in [0.1, 0.15) is 6.10 Å². The fourth-order valence-corrected chi connectivity index (χ4v) is 1.20. The molecule has 0 aromatic heterocycles. The number of nitrogens with two attached hydrogens (primary N) is 2. The Balaban J connectivity index is 2.50. The molecule has 1 aromatic rings. The van der Waals surface area contributed by atoms with Crippen molar-refractivity contribution < 1.29 is 14.3 Å². The van der Waals surface area contributed by atoms with Gasteiger partial charge >= 0.3 is 0 Å². The minimum atomic E-state index is -0.960. The molecule has 0 aliphatic heterocycles. The Bertz CT molecular complexity index is 365. The van der Waals surface area contributed by atoms with Gasteiger partial charge in [0, 0.05) is 0 Å². The van der Waals surface area contributed by atoms with Crippen LogP contribution < -0.4 is 11.5 Å². The lowest BCUT2D eigenvalue weighted by Gasteiger charge is -2.12. The van der Waals surface area contributed by atoms with Crippen LogP contribution in [-0.4, -0.2) is 17.9 Å². The third-order valence-corrected chi connectivity index (χ3v) is 2.00. The van der Waals surface area contributed by atoms with Crippen LogP contribution in [0, 0.1) is 0 Å². The van der Waals surface area contributed by atoms with Crippen molar-refractivity contribution in [1.82, 2.24) is 0 Å². The van der Waals surface area contributed by atoms with Crippen molar-refractivity contribution in [1.29, 1.82) is 0 Å². The summed E-state index contributed by atoms with van der Waals surface area (Å²) in [5, 5.41) is 0. The van der Waals surface area contributed by atoms with Crippen LogP contribution >= 0.6 is 0 Å². The van der Waals surface area contributed by atoms with E-state index in [-0.39, 0.29) is 13.0 Å². The number of hydrogen-bond donors (Lipinski definition) is 2. The molecule has 5 heteroatoms. The van der Waals surface area contributed by atoms with Gasteiger partial charge in [-0.15, -0.1) is 0 Å². The molecule has 0 radical (unpaired) electrons. The first kappa shape index (κ1) is 12.2. The fourth-order valence-electron chi connectivity index (χ4n) is 1.20. The first-order chi connectivity index (χ1) is 7.59. The van der Waals surface area contributed by atoms with Crippen molar-refractivity contribution in [2.24, 2.45) is 11.5 Å². The maximum atomic E-state index is 10.9. The lowest BCUT2D eigenvalue weighted by atomic mass is 10.2. The predicted molar refractivity (Wildman–Crippen MR) is 58.0 cm³/mol. The highest BCUT2D eigenvalue weighted by Gasteiger charge is 2.18. The highest BCUT2D eigenvalue weighted by molar-refractivity contribution is 5.85. The van der Waals surface area contributed by atoms with Gasteiger partial charge in [-0.3, -0.25) is 9.59 Å². The van der Waals surface area contributed by atoms with E-state index in [0.29, 0.717) is 0 Å². The number of primary amides is 2. The predicted octanol–water partition coefficient (Wildman–Crippen LogP) is -0.0675. The summed E-state index contributed by atoms with van der Waals surface area (Å²) in [6.45, 7) is 0.224. The Morgan fingerprint density at radius 3 is 2.31 bits per heavy atom. The van der Waals surface area contributed by atoms with E-state index < -0.39 is 17.9 Å². The van der Waals surface area contributed by atoms with Crippen molar-refractivity contribution in [2.75, 3.05) is 0 Å². The van der Waals surface area contributed by atoms with Crippen LogP contribution in [0.1, 0.15) is 12.0 Å². The van der Waals surface area contributed by atoms with Gasteiger partial charge in [0.15, 0.2) is 0 Å². The van der Waals surface area contributed by atoms with Crippen LogP contribution in [0.15, 0.2) is 30.3 Å². The minimum Gasteiger partial charge on any atom is -0.370 e. The molecule has 4 N–H and O–H groups in total. The molecule has 0 spiro atoms. The molecule has 1 unspecified atom stereocenters. The van der Waals surface area contributed by atoms with Gasteiger partial charge in [-0.25, -0.2) is 0 Å². The van der Waals surface area contributed by atoms with Crippen LogP contribution in [0.4, 0.5) is 0 Å². The lowest BCUT2D eigenvalue weighted by molar-refractivity contribution is -0.135. The number of benzene rings is 1. The van der Waals surface area contributed by atoms with E-state index in [9.17, 15) is 9.59 Å². The van der Waals surface area contributed by atoms with Crippen LogP contribution in [0.3, 0.4) is 0 Å². The second-order valence-electron chi connectivity index (χ2n) is 3.36. The fraction of sp³-hybridized carbons (Fsp3) is 0.273. The molecule has 86 valence electrons. The quantitative estimate of drug-likeness (QED) is 0.705. The summed E-state index contributed by atoms with van der Waals surface area (Å²) in [6, 6.07) is 9.28. The average molecular weight is 222 g/mol. The number of hydrogen-bond acceptors (Lipinski definition) is 3. The smallest absolute Gasteiger partial charge is 0.247 e. The van der Waals surface area contributed by atoms with Crippen molar-refractivity contribution in [3.8, 4) is 0 Å². The molecule has 0 heterocycles. The number of carbonyl (C=O) groups excluding carboxylic acids is 2. The van der Waals surface area contributed by atoms with Crippen LogP contribution in [0.5, 0.6) is 0 Å². The lowest BCUT2D eigenvalue weighted by Crippen LogP contribution is -2.35. The van der Waals surface area contributed by atoms with Gasteiger partial charge in [0.05, 0.1) is 13.0 Å². The van der Waals surface area contributed by atoms with Gasteiger partial charge in [-0.1, -0.05) is 30.3 Å². The normalized spacial score (nSPS) is 12.0. The third kappa shape index (κ3) is 4.10. The zero-order valence-electron chi connectivity index (χ0n) is 8.76. The second-order valence-corrected chi connectivity index (χ2v) is 3.36. The average Bonchev–Trinajstić information content (AvgIpc) is 2.25. The number of rotatable bonds is 6. The molecule has 0 aliphatic carbocycles. The van der Waals surface area contributed by atoms with E-state index in [1.807, 2.05) is 30.3 Å². The molecule has 0 saturated heterocycles. The summed E-state index contributed by atoms with van der Waals surface area (Å²) in [5.41, 5.74) is 11.0. The van der Waals surface area contributed by atoms with Crippen molar-refractivity contribution in [3.63, 3.8) is 0 Å². The van der Waals surface area contributed by atoms with Gasteiger partial charge in [0.2, 0.25) is 11.8 Å².